The lowest BCUT2D eigenvalue weighted by Crippen LogP contribution is -2.53. The number of nitrogens with one attached hydrogen (secondary N) is 1. The Morgan fingerprint density at radius 2 is 1.88 bits per heavy atom. The van der Waals surface area contributed by atoms with E-state index in [1.165, 1.54) is 0 Å². The van der Waals surface area contributed by atoms with Crippen molar-refractivity contribution in [3.05, 3.63) is 65.7 Å². The fourth-order valence-corrected chi connectivity index (χ4v) is 4.40. The largest absolute Gasteiger partial charge is 0.353 e. The average Bonchev–Trinajstić information content (AvgIpc) is 2.79. The van der Waals surface area contributed by atoms with Crippen molar-refractivity contribution in [2.24, 2.45) is 0 Å². The number of anilines is 2. The van der Waals surface area contributed by atoms with Crippen LogP contribution >= 0.6 is 0 Å². The van der Waals surface area contributed by atoms with Crippen LogP contribution in [0.5, 0.6) is 0 Å². The predicted octanol–water partition coefficient (Wildman–Crippen LogP) is 3.39. The molecule has 34 heavy (non-hydrogen) atoms. The number of amides is 2. The summed E-state index contributed by atoms with van der Waals surface area (Å²) < 4.78 is 0. The summed E-state index contributed by atoms with van der Waals surface area (Å²) in [6, 6.07) is 9.85. The summed E-state index contributed by atoms with van der Waals surface area (Å²) >= 11 is 0. The van der Waals surface area contributed by atoms with Gasteiger partial charge in [-0.15, -0.1) is 0 Å². The second-order valence-electron chi connectivity index (χ2n) is 8.83. The molecule has 3 aromatic rings. The second-order valence-corrected chi connectivity index (χ2v) is 8.83. The summed E-state index contributed by atoms with van der Waals surface area (Å²) in [6.45, 7) is 9.76. The van der Waals surface area contributed by atoms with E-state index >= 15 is 0 Å². The third-order valence-corrected chi connectivity index (χ3v) is 6.06. The molecule has 8 heteroatoms. The standard InChI is InChI=1S/C26H30N6O2/c1-17-11-21(14-29-26(17)22-7-8-27-18(2)12-22)13-25(34)30-23-5-6-24(28-15-23)31-9-10-32(20(4)33)19(3)16-31/h5-8,11-12,14-15,19H,9-10,13,16H2,1-4H3,(H,30,34). The molecule has 2 amide bonds. The van der Waals surface area contributed by atoms with Crippen molar-refractivity contribution in [2.45, 2.75) is 40.2 Å². The number of carbonyl (C=O) groups excluding carboxylic acids is 2. The first kappa shape index (κ1) is 23.4. The van der Waals surface area contributed by atoms with E-state index < -0.39 is 0 Å². The Morgan fingerprint density at radius 1 is 1.06 bits per heavy atom. The van der Waals surface area contributed by atoms with Crippen LogP contribution in [0.3, 0.4) is 0 Å². The van der Waals surface area contributed by atoms with Crippen LogP contribution in [-0.4, -0.2) is 57.3 Å². The minimum Gasteiger partial charge on any atom is -0.353 e. The molecule has 1 aliphatic rings. The first-order valence-corrected chi connectivity index (χ1v) is 11.5. The average molecular weight is 459 g/mol. The molecule has 4 heterocycles. The zero-order valence-electron chi connectivity index (χ0n) is 20.1. The topological polar surface area (TPSA) is 91.3 Å². The zero-order valence-corrected chi connectivity index (χ0v) is 20.1. The van der Waals surface area contributed by atoms with Gasteiger partial charge in [-0.05, 0) is 56.2 Å². The molecule has 4 rings (SSSR count). The number of hydrogen-bond donors (Lipinski definition) is 1. The number of pyridine rings is 3. The number of aryl methyl sites for hydroxylation is 2. The Kier molecular flexibility index (Phi) is 6.86. The number of rotatable bonds is 5. The maximum atomic E-state index is 12.6. The van der Waals surface area contributed by atoms with E-state index in [9.17, 15) is 9.59 Å². The van der Waals surface area contributed by atoms with Gasteiger partial charge in [0.1, 0.15) is 5.82 Å². The highest BCUT2D eigenvalue weighted by molar-refractivity contribution is 5.92. The van der Waals surface area contributed by atoms with Crippen LogP contribution in [0.25, 0.3) is 11.3 Å². The van der Waals surface area contributed by atoms with Crippen molar-refractivity contribution in [2.75, 3.05) is 29.9 Å². The van der Waals surface area contributed by atoms with Crippen molar-refractivity contribution in [1.82, 2.24) is 19.9 Å². The molecular formula is C26H30N6O2. The quantitative estimate of drug-likeness (QED) is 0.630. The number of carbonyl (C=O) groups is 2. The molecule has 3 aromatic heterocycles. The van der Waals surface area contributed by atoms with Gasteiger partial charge in [-0.1, -0.05) is 6.07 Å². The van der Waals surface area contributed by atoms with Gasteiger partial charge in [0.05, 0.1) is 24.0 Å². The Balaban J connectivity index is 1.35. The van der Waals surface area contributed by atoms with Crippen LogP contribution in [0.4, 0.5) is 11.5 Å². The van der Waals surface area contributed by atoms with Gasteiger partial charge in [0, 0.05) is 56.3 Å². The van der Waals surface area contributed by atoms with Gasteiger partial charge >= 0.3 is 0 Å². The van der Waals surface area contributed by atoms with E-state index in [0.29, 0.717) is 12.2 Å². The van der Waals surface area contributed by atoms with Crippen molar-refractivity contribution in [3.63, 3.8) is 0 Å². The molecule has 0 saturated carbocycles. The summed E-state index contributed by atoms with van der Waals surface area (Å²) in [5.41, 5.74) is 5.37. The number of nitrogens with zero attached hydrogens (tertiary/aromatic N) is 5. The van der Waals surface area contributed by atoms with Gasteiger partial charge in [-0.25, -0.2) is 4.98 Å². The van der Waals surface area contributed by atoms with Crippen LogP contribution in [-0.2, 0) is 16.0 Å². The lowest BCUT2D eigenvalue weighted by Gasteiger charge is -2.40. The molecule has 8 nitrogen and oxygen atoms in total. The van der Waals surface area contributed by atoms with Crippen LogP contribution in [0.15, 0.2) is 48.9 Å². The number of aromatic nitrogens is 3. The highest BCUT2D eigenvalue weighted by Crippen LogP contribution is 2.22. The minimum absolute atomic E-state index is 0.102. The molecule has 0 spiro atoms. The van der Waals surface area contributed by atoms with Gasteiger partial charge in [0.2, 0.25) is 11.8 Å². The van der Waals surface area contributed by atoms with Crippen LogP contribution < -0.4 is 10.2 Å². The van der Waals surface area contributed by atoms with E-state index in [4.69, 9.17) is 0 Å². The van der Waals surface area contributed by atoms with Gasteiger partial charge < -0.3 is 15.1 Å². The Hall–Kier alpha value is -3.81. The van der Waals surface area contributed by atoms with Gasteiger partial charge in [-0.2, -0.15) is 0 Å². The Morgan fingerprint density at radius 3 is 2.53 bits per heavy atom. The van der Waals surface area contributed by atoms with E-state index in [0.717, 1.165) is 47.0 Å². The number of hydrogen-bond acceptors (Lipinski definition) is 6. The summed E-state index contributed by atoms with van der Waals surface area (Å²) in [4.78, 5) is 41.7. The normalized spacial score (nSPS) is 15.8. The molecule has 0 radical (unpaired) electrons. The van der Waals surface area contributed by atoms with Crippen LogP contribution in [0, 0.1) is 13.8 Å². The van der Waals surface area contributed by atoms with E-state index in [1.807, 2.05) is 56.0 Å². The monoisotopic (exact) mass is 458 g/mol. The van der Waals surface area contributed by atoms with Crippen molar-refractivity contribution in [3.8, 4) is 11.3 Å². The highest BCUT2D eigenvalue weighted by Gasteiger charge is 2.25. The molecule has 176 valence electrons. The lowest BCUT2D eigenvalue weighted by molar-refractivity contribution is -0.131. The Labute approximate surface area is 200 Å². The van der Waals surface area contributed by atoms with Crippen molar-refractivity contribution >= 4 is 23.3 Å². The molecule has 0 bridgehead atoms. The highest BCUT2D eigenvalue weighted by atomic mass is 16.2. The van der Waals surface area contributed by atoms with Crippen molar-refractivity contribution < 1.29 is 9.59 Å². The molecule has 1 unspecified atom stereocenters. The van der Waals surface area contributed by atoms with Crippen LogP contribution in [0.2, 0.25) is 0 Å². The molecule has 1 saturated heterocycles. The maximum absolute atomic E-state index is 12.6. The smallest absolute Gasteiger partial charge is 0.228 e. The van der Waals surface area contributed by atoms with Gasteiger partial charge in [0.15, 0.2) is 0 Å². The molecule has 0 aliphatic carbocycles. The summed E-state index contributed by atoms with van der Waals surface area (Å²) in [5, 5.41) is 2.92. The molecule has 0 aromatic carbocycles. The first-order valence-electron chi connectivity index (χ1n) is 11.5. The predicted molar refractivity (Wildman–Crippen MR) is 133 cm³/mol. The first-order chi connectivity index (χ1) is 16.3. The van der Waals surface area contributed by atoms with E-state index in [-0.39, 0.29) is 24.3 Å². The van der Waals surface area contributed by atoms with Crippen molar-refractivity contribution in [1.29, 1.82) is 0 Å². The van der Waals surface area contributed by atoms with E-state index in [1.54, 1.807) is 25.5 Å². The molecular weight excluding hydrogens is 428 g/mol. The molecule has 1 fully saturated rings. The zero-order chi connectivity index (χ0) is 24.2. The molecule has 1 N–H and O–H groups in total. The molecule has 1 atom stereocenters. The minimum atomic E-state index is -0.119. The Bertz CT molecular complexity index is 1190. The maximum Gasteiger partial charge on any atom is 0.228 e. The van der Waals surface area contributed by atoms with Crippen LogP contribution in [0.1, 0.15) is 30.7 Å². The lowest BCUT2D eigenvalue weighted by atomic mass is 10.0. The summed E-state index contributed by atoms with van der Waals surface area (Å²) in [5.74, 6) is 0.826. The third-order valence-electron chi connectivity index (χ3n) is 6.06. The fourth-order valence-electron chi connectivity index (χ4n) is 4.40. The van der Waals surface area contributed by atoms with E-state index in [2.05, 4.69) is 25.2 Å². The van der Waals surface area contributed by atoms with Gasteiger partial charge in [0.25, 0.3) is 0 Å². The molecule has 1 aliphatic heterocycles. The van der Waals surface area contributed by atoms with Gasteiger partial charge in [-0.3, -0.25) is 19.6 Å². The third kappa shape index (κ3) is 5.39. The second kappa shape index (κ2) is 9.99. The fraction of sp³-hybridized carbons (Fsp3) is 0.346. The summed E-state index contributed by atoms with van der Waals surface area (Å²) in [7, 11) is 0. The summed E-state index contributed by atoms with van der Waals surface area (Å²) in [6.07, 6.45) is 5.43. The SMILES string of the molecule is CC(=O)N1CCN(c2ccc(NC(=O)Cc3cnc(-c4ccnc(C)c4)c(C)c3)cn2)CC1C. The number of piperazine rings is 1.